The van der Waals surface area contributed by atoms with E-state index in [0.29, 0.717) is 15.8 Å². The molecule has 23 heavy (non-hydrogen) atoms. The van der Waals surface area contributed by atoms with Gasteiger partial charge in [-0.25, -0.2) is 5.43 Å². The molecule has 0 aliphatic carbocycles. The smallest absolute Gasteiger partial charge is 0.287 e. The van der Waals surface area contributed by atoms with Crippen molar-refractivity contribution in [2.45, 2.75) is 6.92 Å². The van der Waals surface area contributed by atoms with Crippen molar-refractivity contribution in [3.8, 4) is 0 Å². The average Bonchev–Trinajstić information content (AvgIpc) is 3.07. The fraction of sp³-hybridized carbons (Fsp3) is 0.133. The van der Waals surface area contributed by atoms with E-state index in [-0.39, 0.29) is 12.3 Å². The molecule has 8 heteroatoms. The summed E-state index contributed by atoms with van der Waals surface area (Å²) < 4.78 is 4.91. The van der Waals surface area contributed by atoms with Gasteiger partial charge in [-0.1, -0.05) is 29.3 Å². The van der Waals surface area contributed by atoms with Crippen molar-refractivity contribution in [3.63, 3.8) is 0 Å². The van der Waals surface area contributed by atoms with Gasteiger partial charge in [-0.3, -0.25) is 9.59 Å². The van der Waals surface area contributed by atoms with Crippen molar-refractivity contribution >= 4 is 40.7 Å². The topological polar surface area (TPSA) is 83.7 Å². The van der Waals surface area contributed by atoms with Gasteiger partial charge in [-0.15, -0.1) is 0 Å². The lowest BCUT2D eigenvalue weighted by Crippen LogP contribution is -2.35. The molecule has 2 rings (SSSR count). The van der Waals surface area contributed by atoms with Crippen molar-refractivity contribution in [3.05, 3.63) is 58.0 Å². The van der Waals surface area contributed by atoms with Crippen molar-refractivity contribution in [2.75, 3.05) is 6.54 Å². The molecular weight excluding hydrogens is 341 g/mol. The first-order chi connectivity index (χ1) is 11.0. The van der Waals surface area contributed by atoms with Gasteiger partial charge in [0.1, 0.15) is 0 Å². The molecule has 1 aromatic carbocycles. The summed E-state index contributed by atoms with van der Waals surface area (Å²) in [5.74, 6) is -0.812. The molecule has 0 fully saturated rings. The number of nitrogens with zero attached hydrogens (tertiary/aromatic N) is 1. The standard InChI is InChI=1S/C15H13Cl2N3O3/c1-9(10-4-5-11(16)12(17)7-10)19-20-14(21)8-18-15(22)13-3-2-6-23-13/h2-7H,8H2,1H3,(H,18,22)(H,20,21)/b19-9-. The van der Waals surface area contributed by atoms with Crippen LogP contribution in [-0.2, 0) is 4.79 Å². The molecule has 120 valence electrons. The number of rotatable bonds is 5. The molecule has 0 atom stereocenters. The summed E-state index contributed by atoms with van der Waals surface area (Å²) in [5, 5.41) is 7.20. The zero-order valence-corrected chi connectivity index (χ0v) is 13.6. The lowest BCUT2D eigenvalue weighted by atomic mass is 10.1. The van der Waals surface area contributed by atoms with Crippen LogP contribution >= 0.6 is 23.2 Å². The van der Waals surface area contributed by atoms with Crippen molar-refractivity contribution in [2.24, 2.45) is 5.10 Å². The second-order valence-electron chi connectivity index (χ2n) is 4.52. The molecule has 2 N–H and O–H groups in total. The number of halogens is 2. The van der Waals surface area contributed by atoms with E-state index >= 15 is 0 Å². The van der Waals surface area contributed by atoms with E-state index in [1.807, 2.05) is 0 Å². The number of hydrogen-bond acceptors (Lipinski definition) is 4. The molecule has 0 bridgehead atoms. The molecule has 0 spiro atoms. The summed E-state index contributed by atoms with van der Waals surface area (Å²) in [7, 11) is 0. The summed E-state index contributed by atoms with van der Waals surface area (Å²) in [6, 6.07) is 8.11. The quantitative estimate of drug-likeness (QED) is 0.640. The minimum Gasteiger partial charge on any atom is -0.459 e. The Labute approximate surface area is 142 Å². The predicted molar refractivity (Wildman–Crippen MR) is 87.9 cm³/mol. The Morgan fingerprint density at radius 1 is 1.22 bits per heavy atom. The van der Waals surface area contributed by atoms with E-state index in [4.69, 9.17) is 27.6 Å². The monoisotopic (exact) mass is 353 g/mol. The Morgan fingerprint density at radius 2 is 2.00 bits per heavy atom. The third kappa shape index (κ3) is 4.84. The zero-order valence-electron chi connectivity index (χ0n) is 12.1. The Hall–Kier alpha value is -2.31. The number of hydrazone groups is 1. The van der Waals surface area contributed by atoms with Gasteiger partial charge >= 0.3 is 0 Å². The summed E-state index contributed by atoms with van der Waals surface area (Å²) in [6.07, 6.45) is 1.37. The lowest BCUT2D eigenvalue weighted by molar-refractivity contribution is -0.120. The van der Waals surface area contributed by atoms with Gasteiger partial charge in [0.2, 0.25) is 0 Å². The Bertz CT molecular complexity index is 742. The highest BCUT2D eigenvalue weighted by molar-refractivity contribution is 6.42. The van der Waals surface area contributed by atoms with E-state index in [0.717, 1.165) is 5.56 Å². The fourth-order valence-electron chi connectivity index (χ4n) is 1.63. The first kappa shape index (κ1) is 17.1. The van der Waals surface area contributed by atoms with Crippen LogP contribution in [0.5, 0.6) is 0 Å². The first-order valence-electron chi connectivity index (χ1n) is 6.57. The van der Waals surface area contributed by atoms with E-state index in [9.17, 15) is 9.59 Å². The van der Waals surface area contributed by atoms with Crippen LogP contribution in [0.4, 0.5) is 0 Å². The number of furan rings is 1. The van der Waals surface area contributed by atoms with Crippen LogP contribution in [0, 0.1) is 0 Å². The number of amides is 2. The summed E-state index contributed by atoms with van der Waals surface area (Å²) in [5.41, 5.74) is 3.62. The third-order valence-corrected chi connectivity index (χ3v) is 3.58. The first-order valence-corrected chi connectivity index (χ1v) is 7.33. The summed E-state index contributed by atoms with van der Waals surface area (Å²) >= 11 is 11.8. The van der Waals surface area contributed by atoms with Gasteiger partial charge < -0.3 is 9.73 Å². The highest BCUT2D eigenvalue weighted by Gasteiger charge is 2.10. The van der Waals surface area contributed by atoms with Gasteiger partial charge in [-0.05, 0) is 36.8 Å². The van der Waals surface area contributed by atoms with Gasteiger partial charge in [0.05, 0.1) is 28.6 Å². The molecule has 0 radical (unpaired) electrons. The van der Waals surface area contributed by atoms with E-state index in [1.165, 1.54) is 12.3 Å². The fourth-order valence-corrected chi connectivity index (χ4v) is 1.92. The van der Waals surface area contributed by atoms with Crippen LogP contribution in [0.1, 0.15) is 23.0 Å². The van der Waals surface area contributed by atoms with Crippen LogP contribution in [0.3, 0.4) is 0 Å². The molecule has 0 saturated carbocycles. The minimum atomic E-state index is -0.477. The maximum Gasteiger partial charge on any atom is 0.287 e. The van der Waals surface area contributed by atoms with Crippen molar-refractivity contribution in [1.82, 2.24) is 10.7 Å². The molecule has 0 aliphatic heterocycles. The van der Waals surface area contributed by atoms with Crippen LogP contribution in [0.25, 0.3) is 0 Å². The Morgan fingerprint density at radius 3 is 2.65 bits per heavy atom. The molecule has 2 aromatic rings. The largest absolute Gasteiger partial charge is 0.459 e. The molecule has 2 amide bonds. The maximum absolute atomic E-state index is 11.7. The van der Waals surface area contributed by atoms with E-state index in [1.54, 1.807) is 31.2 Å². The minimum absolute atomic E-state index is 0.133. The number of benzene rings is 1. The van der Waals surface area contributed by atoms with Gasteiger partial charge in [0.25, 0.3) is 11.8 Å². The van der Waals surface area contributed by atoms with Crippen LogP contribution in [0.2, 0.25) is 10.0 Å². The Balaban J connectivity index is 1.87. The van der Waals surface area contributed by atoms with E-state index in [2.05, 4.69) is 15.8 Å². The molecule has 1 heterocycles. The number of nitrogens with one attached hydrogen (secondary N) is 2. The third-order valence-electron chi connectivity index (χ3n) is 2.84. The maximum atomic E-state index is 11.7. The van der Waals surface area contributed by atoms with Gasteiger partial charge in [-0.2, -0.15) is 5.10 Å². The average molecular weight is 354 g/mol. The lowest BCUT2D eigenvalue weighted by Gasteiger charge is -2.05. The second-order valence-corrected chi connectivity index (χ2v) is 5.34. The van der Waals surface area contributed by atoms with Crippen molar-refractivity contribution in [1.29, 1.82) is 0 Å². The highest BCUT2D eigenvalue weighted by Crippen LogP contribution is 2.22. The summed E-state index contributed by atoms with van der Waals surface area (Å²) in [6.45, 7) is 1.49. The summed E-state index contributed by atoms with van der Waals surface area (Å²) in [4.78, 5) is 23.3. The number of hydrogen-bond donors (Lipinski definition) is 2. The molecule has 0 saturated heterocycles. The second kappa shape index (κ2) is 7.80. The zero-order chi connectivity index (χ0) is 16.8. The van der Waals surface area contributed by atoms with Crippen molar-refractivity contribution < 1.29 is 14.0 Å². The van der Waals surface area contributed by atoms with Gasteiger partial charge in [0, 0.05) is 0 Å². The van der Waals surface area contributed by atoms with Crippen LogP contribution in [0.15, 0.2) is 46.1 Å². The molecule has 0 aliphatic rings. The van der Waals surface area contributed by atoms with Gasteiger partial charge in [0.15, 0.2) is 5.76 Å². The highest BCUT2D eigenvalue weighted by atomic mass is 35.5. The normalized spacial score (nSPS) is 11.2. The number of carbonyl (C=O) groups is 2. The van der Waals surface area contributed by atoms with Crippen LogP contribution in [-0.4, -0.2) is 24.1 Å². The van der Waals surface area contributed by atoms with E-state index < -0.39 is 11.8 Å². The molecular formula is C15H13Cl2N3O3. The molecule has 0 unspecified atom stereocenters. The molecule has 6 nitrogen and oxygen atoms in total. The Kier molecular flexibility index (Phi) is 5.78. The SMILES string of the molecule is C/C(=N/NC(=O)CNC(=O)c1ccco1)c1ccc(Cl)c(Cl)c1. The molecule has 1 aromatic heterocycles. The van der Waals surface area contributed by atoms with Crippen LogP contribution < -0.4 is 10.7 Å². The number of carbonyl (C=O) groups excluding carboxylic acids is 2. The predicted octanol–water partition coefficient (Wildman–Crippen LogP) is 2.86.